The number of hydrogen-bond donors (Lipinski definition) is 4. The number of benzene rings is 2. The molecule has 11 heteroatoms. The smallest absolute Gasteiger partial charge is 0.305 e. The number of imidazole rings is 1. The van der Waals surface area contributed by atoms with E-state index in [0.29, 0.717) is 22.5 Å². The summed E-state index contributed by atoms with van der Waals surface area (Å²) in [6, 6.07) is 10.3. The Labute approximate surface area is 147 Å². The Morgan fingerprint density at radius 2 is 0.923 bits per heavy atom. The molecule has 0 bridgehead atoms. The third-order valence-electron chi connectivity index (χ3n) is 3.61. The average molecular weight is 396 g/mol. The molecular formula is C15H12N2O7S2. The highest BCUT2D eigenvalue weighted by Crippen LogP contribution is 2.29. The average Bonchev–Trinajstić information content (AvgIpc) is 2.95. The lowest BCUT2D eigenvalue weighted by Crippen LogP contribution is -2.00. The Bertz CT molecular complexity index is 1120. The second kappa shape index (κ2) is 6.21. The number of H-pyrrole nitrogens is 2. The Kier molecular flexibility index (Phi) is 4.32. The number of rotatable bonds is 4. The van der Waals surface area contributed by atoms with Crippen molar-refractivity contribution >= 4 is 20.2 Å². The fourth-order valence-corrected chi connectivity index (χ4v) is 3.36. The highest BCUT2D eigenvalue weighted by atomic mass is 32.2. The molecule has 0 unspecified atom stereocenters. The SMILES string of the molecule is O=c1[nH]c(-c2ccc(S(=O)(=O)O)cc2)c(-c2ccc(S(=O)(=O)O)cc2)[nH]1. The van der Waals surface area contributed by atoms with E-state index in [1.54, 1.807) is 0 Å². The minimum absolute atomic E-state index is 0.293. The molecule has 26 heavy (non-hydrogen) atoms. The van der Waals surface area contributed by atoms with Gasteiger partial charge in [-0.25, -0.2) is 4.79 Å². The molecule has 0 spiro atoms. The number of aromatic nitrogens is 2. The largest absolute Gasteiger partial charge is 0.323 e. The number of nitrogens with one attached hydrogen (secondary N) is 2. The maximum absolute atomic E-state index is 11.7. The van der Waals surface area contributed by atoms with E-state index in [-0.39, 0.29) is 9.79 Å². The molecule has 1 heterocycles. The molecule has 4 N–H and O–H groups in total. The van der Waals surface area contributed by atoms with Gasteiger partial charge in [0.2, 0.25) is 0 Å². The van der Waals surface area contributed by atoms with Gasteiger partial charge >= 0.3 is 5.69 Å². The van der Waals surface area contributed by atoms with Crippen LogP contribution in [0, 0.1) is 0 Å². The molecule has 3 rings (SSSR count). The molecule has 3 aromatic rings. The first-order chi connectivity index (χ1) is 12.1. The summed E-state index contributed by atoms with van der Waals surface area (Å²) < 4.78 is 62.5. The summed E-state index contributed by atoms with van der Waals surface area (Å²) in [5.74, 6) is 0. The van der Waals surface area contributed by atoms with E-state index in [9.17, 15) is 21.6 Å². The highest BCUT2D eigenvalue weighted by Gasteiger charge is 2.15. The van der Waals surface area contributed by atoms with Crippen molar-refractivity contribution in [1.29, 1.82) is 0 Å². The van der Waals surface area contributed by atoms with E-state index in [4.69, 9.17) is 9.11 Å². The summed E-state index contributed by atoms with van der Waals surface area (Å²) in [4.78, 5) is 16.3. The van der Waals surface area contributed by atoms with Crippen molar-refractivity contribution in [3.8, 4) is 22.5 Å². The van der Waals surface area contributed by atoms with Crippen molar-refractivity contribution in [3.63, 3.8) is 0 Å². The van der Waals surface area contributed by atoms with Gasteiger partial charge in [0.1, 0.15) is 0 Å². The van der Waals surface area contributed by atoms with Gasteiger partial charge < -0.3 is 9.97 Å². The second-order valence-corrected chi connectivity index (χ2v) is 8.17. The molecule has 0 aliphatic carbocycles. The van der Waals surface area contributed by atoms with E-state index < -0.39 is 25.9 Å². The van der Waals surface area contributed by atoms with Gasteiger partial charge in [0.05, 0.1) is 21.2 Å². The van der Waals surface area contributed by atoms with Gasteiger partial charge in [-0.1, -0.05) is 24.3 Å². The Morgan fingerprint density at radius 1 is 0.615 bits per heavy atom. The molecule has 2 aromatic carbocycles. The van der Waals surface area contributed by atoms with Crippen molar-refractivity contribution in [3.05, 3.63) is 59.0 Å². The predicted molar refractivity (Wildman–Crippen MR) is 91.9 cm³/mol. The second-order valence-electron chi connectivity index (χ2n) is 5.33. The van der Waals surface area contributed by atoms with E-state index >= 15 is 0 Å². The van der Waals surface area contributed by atoms with Gasteiger partial charge in [-0.2, -0.15) is 16.8 Å². The predicted octanol–water partition coefficient (Wildman–Crippen LogP) is 1.53. The zero-order chi connectivity index (χ0) is 19.1. The molecule has 0 aliphatic heterocycles. The van der Waals surface area contributed by atoms with Crippen molar-refractivity contribution in [2.45, 2.75) is 9.79 Å². The molecule has 0 radical (unpaired) electrons. The van der Waals surface area contributed by atoms with Crippen LogP contribution in [0.2, 0.25) is 0 Å². The standard InChI is InChI=1S/C15H12N2O7S2/c18-15-16-13(9-1-5-11(6-2-9)25(19,20)21)14(17-15)10-3-7-12(8-4-10)26(22,23)24/h1-8H,(H2,16,17,18)(H,19,20,21)(H,22,23,24). The maximum Gasteiger partial charge on any atom is 0.323 e. The van der Waals surface area contributed by atoms with E-state index in [1.165, 1.54) is 48.5 Å². The van der Waals surface area contributed by atoms with Crippen LogP contribution < -0.4 is 5.69 Å². The van der Waals surface area contributed by atoms with E-state index in [1.807, 2.05) is 0 Å². The van der Waals surface area contributed by atoms with E-state index in [2.05, 4.69) is 9.97 Å². The summed E-state index contributed by atoms with van der Waals surface area (Å²) >= 11 is 0. The number of aromatic amines is 2. The third kappa shape index (κ3) is 3.60. The lowest BCUT2D eigenvalue weighted by Gasteiger charge is -2.05. The van der Waals surface area contributed by atoms with Crippen LogP contribution in [0.4, 0.5) is 0 Å². The van der Waals surface area contributed by atoms with Crippen molar-refractivity contribution in [2.24, 2.45) is 0 Å². The first-order valence-corrected chi connectivity index (χ1v) is 9.92. The number of hydrogen-bond acceptors (Lipinski definition) is 5. The Morgan fingerprint density at radius 3 is 1.19 bits per heavy atom. The minimum Gasteiger partial charge on any atom is -0.305 e. The third-order valence-corrected chi connectivity index (χ3v) is 5.34. The molecule has 1 aromatic heterocycles. The van der Waals surface area contributed by atoms with Gasteiger partial charge in [0.15, 0.2) is 0 Å². The van der Waals surface area contributed by atoms with Crippen molar-refractivity contribution < 1.29 is 25.9 Å². The Balaban J connectivity index is 2.08. The van der Waals surface area contributed by atoms with Crippen LogP contribution in [0.5, 0.6) is 0 Å². The molecule has 0 saturated heterocycles. The highest BCUT2D eigenvalue weighted by molar-refractivity contribution is 7.86. The van der Waals surface area contributed by atoms with Gasteiger partial charge in [0.25, 0.3) is 20.2 Å². The monoisotopic (exact) mass is 396 g/mol. The zero-order valence-corrected chi connectivity index (χ0v) is 14.5. The van der Waals surface area contributed by atoms with Gasteiger partial charge in [-0.3, -0.25) is 9.11 Å². The van der Waals surface area contributed by atoms with Crippen molar-refractivity contribution in [1.82, 2.24) is 9.97 Å². The van der Waals surface area contributed by atoms with Gasteiger partial charge in [0, 0.05) is 11.1 Å². The molecule has 0 amide bonds. The van der Waals surface area contributed by atoms with Gasteiger partial charge in [-0.05, 0) is 24.3 Å². The summed E-state index contributed by atoms with van der Waals surface area (Å²) in [6.07, 6.45) is 0. The summed E-state index contributed by atoms with van der Waals surface area (Å²) in [7, 11) is -8.68. The molecule has 136 valence electrons. The lowest BCUT2D eigenvalue weighted by atomic mass is 10.1. The zero-order valence-electron chi connectivity index (χ0n) is 12.9. The normalized spacial score (nSPS) is 12.2. The molecule has 0 fully saturated rings. The summed E-state index contributed by atoms with van der Waals surface area (Å²) in [5, 5.41) is 0. The maximum atomic E-state index is 11.7. The summed E-state index contributed by atoms with van der Waals surface area (Å²) in [6.45, 7) is 0. The molecule has 0 atom stereocenters. The summed E-state index contributed by atoms with van der Waals surface area (Å²) in [5.41, 5.74) is 1.09. The molecule has 0 saturated carbocycles. The molecule has 0 aliphatic rings. The lowest BCUT2D eigenvalue weighted by molar-refractivity contribution is 0.481. The quantitative estimate of drug-likeness (QED) is 0.487. The molecular weight excluding hydrogens is 384 g/mol. The van der Waals surface area contributed by atoms with Crippen molar-refractivity contribution in [2.75, 3.05) is 0 Å². The fraction of sp³-hybridized carbons (Fsp3) is 0. The van der Waals surface area contributed by atoms with Crippen LogP contribution in [0.15, 0.2) is 63.1 Å². The minimum atomic E-state index is -4.34. The van der Waals surface area contributed by atoms with Crippen LogP contribution in [-0.4, -0.2) is 35.9 Å². The fourth-order valence-electron chi connectivity index (χ4n) is 2.40. The molecule has 9 nitrogen and oxygen atoms in total. The topological polar surface area (TPSA) is 157 Å². The first-order valence-electron chi connectivity index (χ1n) is 7.04. The Hall–Kier alpha value is -2.73. The van der Waals surface area contributed by atoms with Crippen LogP contribution in [-0.2, 0) is 20.2 Å². The van der Waals surface area contributed by atoms with E-state index in [0.717, 1.165) is 0 Å². The van der Waals surface area contributed by atoms with Crippen LogP contribution in [0.3, 0.4) is 0 Å². The van der Waals surface area contributed by atoms with Crippen LogP contribution in [0.25, 0.3) is 22.5 Å². The van der Waals surface area contributed by atoms with Gasteiger partial charge in [-0.15, -0.1) is 0 Å². The van der Waals surface area contributed by atoms with Crippen LogP contribution in [0.1, 0.15) is 0 Å². The first kappa shape index (κ1) is 18.1. The van der Waals surface area contributed by atoms with Crippen LogP contribution >= 0.6 is 0 Å².